The van der Waals surface area contributed by atoms with Crippen molar-refractivity contribution in [1.29, 1.82) is 0 Å². The lowest BCUT2D eigenvalue weighted by Crippen LogP contribution is -2.42. The number of fused-ring (bicyclic) bond motifs is 1. The van der Waals surface area contributed by atoms with Crippen LogP contribution < -0.4 is 10.1 Å². The zero-order valence-corrected chi connectivity index (χ0v) is 18.9. The van der Waals surface area contributed by atoms with Crippen LogP contribution in [-0.2, 0) is 10.2 Å². The van der Waals surface area contributed by atoms with Crippen LogP contribution in [0.25, 0.3) is 10.8 Å². The van der Waals surface area contributed by atoms with E-state index < -0.39 is 5.41 Å². The molecule has 1 aliphatic rings. The Bertz CT molecular complexity index is 1050. The number of anilines is 1. The van der Waals surface area contributed by atoms with Crippen molar-refractivity contribution in [1.82, 2.24) is 0 Å². The molecule has 31 heavy (non-hydrogen) atoms. The zero-order chi connectivity index (χ0) is 21.8. The fourth-order valence-electron chi connectivity index (χ4n) is 4.68. The summed E-state index contributed by atoms with van der Waals surface area (Å²) in [6.45, 7) is 7.05. The van der Waals surface area contributed by atoms with E-state index in [1.165, 1.54) is 12.0 Å². The Balaban J connectivity index is 1.68. The minimum atomic E-state index is -0.458. The van der Waals surface area contributed by atoms with Crippen LogP contribution >= 0.6 is 0 Å². The van der Waals surface area contributed by atoms with Gasteiger partial charge in [0.2, 0.25) is 5.91 Å². The third kappa shape index (κ3) is 4.46. The first-order valence-corrected chi connectivity index (χ1v) is 11.5. The van der Waals surface area contributed by atoms with Crippen molar-refractivity contribution in [2.24, 2.45) is 5.92 Å². The van der Waals surface area contributed by atoms with Gasteiger partial charge in [-0.05, 0) is 43.4 Å². The maximum Gasteiger partial charge on any atom is 0.235 e. The molecule has 0 spiro atoms. The quantitative estimate of drug-likeness (QED) is 0.469. The molecule has 0 bridgehead atoms. The summed E-state index contributed by atoms with van der Waals surface area (Å²) in [4.78, 5) is 13.8. The highest BCUT2D eigenvalue weighted by atomic mass is 16.5. The SMILES string of the molecule is Cc1ccc(C2(C(=O)Nc3ccc(OCC(C)C)c4ccccc34)CCCCC2)cc1. The van der Waals surface area contributed by atoms with Gasteiger partial charge in [-0.15, -0.1) is 0 Å². The first-order valence-electron chi connectivity index (χ1n) is 11.5. The van der Waals surface area contributed by atoms with Gasteiger partial charge < -0.3 is 10.1 Å². The zero-order valence-electron chi connectivity index (χ0n) is 18.9. The third-order valence-corrected chi connectivity index (χ3v) is 6.45. The van der Waals surface area contributed by atoms with Gasteiger partial charge in [0.15, 0.2) is 0 Å². The van der Waals surface area contributed by atoms with Crippen LogP contribution in [0.4, 0.5) is 5.69 Å². The van der Waals surface area contributed by atoms with Gasteiger partial charge in [0.05, 0.1) is 12.0 Å². The van der Waals surface area contributed by atoms with Crippen LogP contribution in [0.15, 0.2) is 60.7 Å². The van der Waals surface area contributed by atoms with Crippen LogP contribution in [0.1, 0.15) is 57.1 Å². The first kappa shape index (κ1) is 21.4. The number of hydrogen-bond acceptors (Lipinski definition) is 2. The Labute approximate surface area is 185 Å². The van der Waals surface area contributed by atoms with E-state index in [2.05, 4.69) is 62.5 Å². The second kappa shape index (κ2) is 9.13. The molecule has 162 valence electrons. The monoisotopic (exact) mass is 415 g/mol. The van der Waals surface area contributed by atoms with Crippen molar-refractivity contribution in [3.05, 3.63) is 71.8 Å². The highest BCUT2D eigenvalue weighted by Crippen LogP contribution is 2.41. The highest BCUT2D eigenvalue weighted by molar-refractivity contribution is 6.07. The lowest BCUT2D eigenvalue weighted by Gasteiger charge is -2.36. The number of carbonyl (C=O) groups is 1. The van der Waals surface area contributed by atoms with E-state index in [-0.39, 0.29) is 5.91 Å². The largest absolute Gasteiger partial charge is 0.493 e. The lowest BCUT2D eigenvalue weighted by atomic mass is 9.68. The third-order valence-electron chi connectivity index (χ3n) is 6.45. The fourth-order valence-corrected chi connectivity index (χ4v) is 4.68. The second-order valence-corrected chi connectivity index (χ2v) is 9.32. The summed E-state index contributed by atoms with van der Waals surface area (Å²) < 4.78 is 6.04. The van der Waals surface area contributed by atoms with Gasteiger partial charge in [-0.2, -0.15) is 0 Å². The summed E-state index contributed by atoms with van der Waals surface area (Å²) in [5.41, 5.74) is 2.75. The van der Waals surface area contributed by atoms with Gasteiger partial charge in [0, 0.05) is 16.5 Å². The van der Waals surface area contributed by atoms with Crippen LogP contribution in [0.3, 0.4) is 0 Å². The van der Waals surface area contributed by atoms with Gasteiger partial charge in [-0.1, -0.05) is 87.2 Å². The standard InChI is InChI=1S/C28H33NO2/c1-20(2)19-31-26-16-15-25(23-9-5-6-10-24(23)26)29-27(30)28(17-7-4-8-18-28)22-13-11-21(3)12-14-22/h5-6,9-16,20H,4,7-8,17-19H2,1-3H3,(H,29,30). The molecule has 0 aliphatic heterocycles. The molecule has 0 heterocycles. The van der Waals surface area contributed by atoms with E-state index in [4.69, 9.17) is 4.74 Å². The highest BCUT2D eigenvalue weighted by Gasteiger charge is 2.41. The summed E-state index contributed by atoms with van der Waals surface area (Å²) in [5, 5.41) is 5.36. The van der Waals surface area contributed by atoms with Gasteiger partial charge in [-0.25, -0.2) is 0 Å². The van der Waals surface area contributed by atoms with E-state index in [1.54, 1.807) is 0 Å². The summed E-state index contributed by atoms with van der Waals surface area (Å²) >= 11 is 0. The molecule has 1 N–H and O–H groups in total. The molecule has 3 aromatic carbocycles. The van der Waals surface area contributed by atoms with Crippen LogP contribution in [0, 0.1) is 12.8 Å². The van der Waals surface area contributed by atoms with Crippen LogP contribution in [0.5, 0.6) is 5.75 Å². The van der Waals surface area contributed by atoms with Crippen molar-refractivity contribution in [2.75, 3.05) is 11.9 Å². The van der Waals surface area contributed by atoms with Crippen molar-refractivity contribution >= 4 is 22.4 Å². The number of hydrogen-bond donors (Lipinski definition) is 1. The van der Waals surface area contributed by atoms with Crippen molar-refractivity contribution in [3.63, 3.8) is 0 Å². The molecule has 4 rings (SSSR count). The Morgan fingerprint density at radius 3 is 2.29 bits per heavy atom. The van der Waals surface area contributed by atoms with E-state index in [0.29, 0.717) is 12.5 Å². The number of carbonyl (C=O) groups excluding carboxylic acids is 1. The molecule has 0 saturated heterocycles. The second-order valence-electron chi connectivity index (χ2n) is 9.32. The minimum Gasteiger partial charge on any atom is -0.493 e. The molecule has 0 unspecified atom stereocenters. The summed E-state index contributed by atoms with van der Waals surface area (Å²) in [7, 11) is 0. The normalized spacial score (nSPS) is 15.7. The number of nitrogens with one attached hydrogen (secondary N) is 1. The molecule has 1 amide bonds. The van der Waals surface area contributed by atoms with Crippen LogP contribution in [0.2, 0.25) is 0 Å². The molecule has 1 saturated carbocycles. The van der Waals surface area contributed by atoms with E-state index >= 15 is 0 Å². The first-order chi connectivity index (χ1) is 15.0. The molecule has 3 aromatic rings. The molecule has 0 aromatic heterocycles. The minimum absolute atomic E-state index is 0.108. The smallest absolute Gasteiger partial charge is 0.235 e. The molecular formula is C28H33NO2. The van der Waals surface area contributed by atoms with Gasteiger partial charge in [0.1, 0.15) is 5.75 Å². The predicted molar refractivity (Wildman–Crippen MR) is 129 cm³/mol. The molecule has 0 atom stereocenters. The van der Waals surface area contributed by atoms with Gasteiger partial charge in [-0.3, -0.25) is 4.79 Å². The topological polar surface area (TPSA) is 38.3 Å². The summed E-state index contributed by atoms with van der Waals surface area (Å²) in [6, 6.07) is 20.7. The Morgan fingerprint density at radius 1 is 0.935 bits per heavy atom. The number of ether oxygens (including phenoxy) is 1. The Kier molecular flexibility index (Phi) is 6.31. The maximum atomic E-state index is 13.8. The molecule has 3 heteroatoms. The molecule has 1 aliphatic carbocycles. The Morgan fingerprint density at radius 2 is 1.61 bits per heavy atom. The van der Waals surface area contributed by atoms with Crippen molar-refractivity contribution < 1.29 is 9.53 Å². The molecular weight excluding hydrogens is 382 g/mol. The fraction of sp³-hybridized carbons (Fsp3) is 0.393. The predicted octanol–water partition coefficient (Wildman–Crippen LogP) is 7.02. The number of aryl methyl sites for hydroxylation is 1. The van der Waals surface area contributed by atoms with Gasteiger partial charge in [0.25, 0.3) is 0 Å². The molecule has 0 radical (unpaired) electrons. The van der Waals surface area contributed by atoms with Crippen molar-refractivity contribution in [3.8, 4) is 5.75 Å². The summed E-state index contributed by atoms with van der Waals surface area (Å²) in [6.07, 6.45) is 5.17. The number of benzene rings is 3. The molecule has 3 nitrogen and oxygen atoms in total. The average molecular weight is 416 g/mol. The van der Waals surface area contributed by atoms with Crippen molar-refractivity contribution in [2.45, 2.75) is 58.3 Å². The van der Waals surface area contributed by atoms with E-state index in [9.17, 15) is 4.79 Å². The lowest BCUT2D eigenvalue weighted by molar-refractivity contribution is -0.122. The number of amides is 1. The van der Waals surface area contributed by atoms with Crippen LogP contribution in [-0.4, -0.2) is 12.5 Å². The van der Waals surface area contributed by atoms with Gasteiger partial charge >= 0.3 is 0 Å². The Hall–Kier alpha value is -2.81. The van der Waals surface area contributed by atoms with E-state index in [1.807, 2.05) is 24.3 Å². The van der Waals surface area contributed by atoms with E-state index in [0.717, 1.165) is 53.5 Å². The maximum absolute atomic E-state index is 13.8. The molecule has 1 fully saturated rings. The summed E-state index contributed by atoms with van der Waals surface area (Å²) in [5.74, 6) is 1.43. The number of rotatable bonds is 6. The average Bonchev–Trinajstić information content (AvgIpc) is 2.79.